The summed E-state index contributed by atoms with van der Waals surface area (Å²) in [7, 11) is -4.93. The first-order chi connectivity index (χ1) is 13.2. The van der Waals surface area contributed by atoms with E-state index in [2.05, 4.69) is 5.16 Å². The van der Waals surface area contributed by atoms with Crippen molar-refractivity contribution in [3.8, 4) is 0 Å². The minimum atomic E-state index is -8.55. The predicted molar refractivity (Wildman–Crippen MR) is 94.1 cm³/mol. The fourth-order valence-corrected chi connectivity index (χ4v) is 1.94. The first-order valence-corrected chi connectivity index (χ1v) is 10.1. The molecule has 0 N–H and O–H groups in total. The van der Waals surface area contributed by atoms with Crippen LogP contribution in [0.1, 0.15) is 13.8 Å². The van der Waals surface area contributed by atoms with E-state index in [1.54, 1.807) is 18.7 Å². The molecule has 0 bridgehead atoms. The summed E-state index contributed by atoms with van der Waals surface area (Å²) in [5.41, 5.74) is -0.506. The van der Waals surface area contributed by atoms with Crippen LogP contribution in [0.25, 0.3) is 0 Å². The number of carbonyl (C=O) groups excluding carboxylic acids is 2. The smallest absolute Gasteiger partial charge is 1.00 e. The van der Waals surface area contributed by atoms with E-state index in [1.165, 1.54) is 0 Å². The third-order valence-corrected chi connectivity index (χ3v) is 2.98. The number of carbonyl (C=O) groups is 2. The molecule has 0 aliphatic carbocycles. The summed E-state index contributed by atoms with van der Waals surface area (Å²) < 4.78 is 64.1. The molecule has 0 aromatic carbocycles. The van der Waals surface area contributed by atoms with Crippen molar-refractivity contribution in [1.82, 2.24) is 9.80 Å². The Morgan fingerprint density at radius 3 is 1.77 bits per heavy atom. The zero-order valence-electron chi connectivity index (χ0n) is 16.8. The molecule has 30 heavy (non-hydrogen) atoms. The molecule has 0 aromatic heterocycles. The standard InChI is InChI=1S/C14H25N3O6.F5P.FH/c1-5-21-12(18)11(13(19)22-6-2)15-23-14(16(3)4)17-7-9-20-10-8-17;1-6(2,3,4)5;/h14H,5-10H2,1-4H3;;1H/p-1. The van der Waals surface area contributed by atoms with Gasteiger partial charge in [-0.3, -0.25) is 4.90 Å². The van der Waals surface area contributed by atoms with E-state index >= 15 is 0 Å². The van der Waals surface area contributed by atoms with Crippen molar-refractivity contribution < 1.29 is 54.3 Å². The van der Waals surface area contributed by atoms with Crippen LogP contribution in [0.5, 0.6) is 0 Å². The van der Waals surface area contributed by atoms with Crippen LogP contribution in [0.3, 0.4) is 0 Å². The number of hydrogen-bond acceptors (Lipinski definition) is 9. The molecule has 1 rings (SSSR count). The molecule has 0 aromatic rings. The summed E-state index contributed by atoms with van der Waals surface area (Å²) in [6, 6.07) is 0. The first-order valence-electron chi connectivity index (χ1n) is 8.42. The van der Waals surface area contributed by atoms with Crippen LogP contribution in [0.2, 0.25) is 0 Å². The third kappa shape index (κ3) is 15.2. The molecular formula is C14H25F6N3O6P-. The van der Waals surface area contributed by atoms with Crippen LogP contribution < -0.4 is 4.70 Å². The average molecular weight is 476 g/mol. The van der Waals surface area contributed by atoms with Crippen LogP contribution in [-0.2, 0) is 28.6 Å². The summed E-state index contributed by atoms with van der Waals surface area (Å²) in [6.45, 7) is 6.00. The van der Waals surface area contributed by atoms with Crippen LogP contribution in [0, 0.1) is 0 Å². The monoisotopic (exact) mass is 476 g/mol. The molecule has 1 fully saturated rings. The van der Waals surface area contributed by atoms with Crippen LogP contribution in [0.15, 0.2) is 5.16 Å². The van der Waals surface area contributed by atoms with Crippen molar-refractivity contribution >= 4 is 25.8 Å². The number of morpholine rings is 1. The Morgan fingerprint density at radius 1 is 1.03 bits per heavy atom. The minimum absolute atomic E-state index is 0. The van der Waals surface area contributed by atoms with Gasteiger partial charge in [-0.2, -0.15) is 0 Å². The fraction of sp³-hybridized carbons (Fsp3) is 0.786. The van der Waals surface area contributed by atoms with Gasteiger partial charge in [0.2, 0.25) is 6.35 Å². The maximum atomic E-state index is 11.8. The Hall–Kier alpha value is -1.70. The maximum Gasteiger partial charge on any atom is -1.00 e. The van der Waals surface area contributed by atoms with E-state index in [-0.39, 0.29) is 17.9 Å². The van der Waals surface area contributed by atoms with E-state index in [0.717, 1.165) is 0 Å². The van der Waals surface area contributed by atoms with Gasteiger partial charge < -0.3 is 23.8 Å². The molecule has 0 radical (unpaired) electrons. The van der Waals surface area contributed by atoms with Crippen LogP contribution in [0.4, 0.5) is 21.0 Å². The van der Waals surface area contributed by atoms with E-state index in [0.29, 0.717) is 26.3 Å². The number of esters is 2. The van der Waals surface area contributed by atoms with Crippen molar-refractivity contribution in [2.75, 3.05) is 53.6 Å². The van der Waals surface area contributed by atoms with Crippen molar-refractivity contribution in [2.24, 2.45) is 5.16 Å². The Kier molecular flexibility index (Phi) is 13.8. The van der Waals surface area contributed by atoms with Crippen molar-refractivity contribution in [3.63, 3.8) is 0 Å². The fourth-order valence-electron chi connectivity index (χ4n) is 1.94. The van der Waals surface area contributed by atoms with Crippen molar-refractivity contribution in [2.45, 2.75) is 20.2 Å². The number of nitrogens with zero attached hydrogens (tertiary/aromatic N) is 3. The summed E-state index contributed by atoms with van der Waals surface area (Å²) in [6.07, 6.45) is -0.530. The molecule has 1 aliphatic heterocycles. The molecule has 1 atom stereocenters. The van der Waals surface area contributed by atoms with Gasteiger partial charge in [0, 0.05) is 13.1 Å². The number of hydrogen-bond donors (Lipinski definition) is 0. The topological polar surface area (TPSA) is 89.9 Å². The number of oxime groups is 1. The van der Waals surface area contributed by atoms with E-state index in [1.807, 2.05) is 19.0 Å². The van der Waals surface area contributed by atoms with Gasteiger partial charge >= 0.3 is 41.1 Å². The summed E-state index contributed by atoms with van der Waals surface area (Å²) in [5, 5.41) is 3.70. The molecule has 16 heteroatoms. The van der Waals surface area contributed by atoms with Crippen molar-refractivity contribution in [3.05, 3.63) is 0 Å². The molecule has 1 saturated heterocycles. The number of rotatable bonds is 8. The SMILES string of the molecule is CCOC(=O)C(=NOC(N(C)C)N1CCOCC1)C(=O)OCC.FP(F)(F)(F)F.[F-]. The van der Waals surface area contributed by atoms with Gasteiger partial charge in [-0.05, 0) is 27.9 Å². The van der Waals surface area contributed by atoms with Gasteiger partial charge in [0.1, 0.15) is 0 Å². The molecular weight excluding hydrogens is 451 g/mol. The Bertz CT molecular complexity index is 533. The van der Waals surface area contributed by atoms with Gasteiger partial charge in [0.05, 0.1) is 26.4 Å². The predicted octanol–water partition coefficient (Wildman–Crippen LogP) is -0.371. The van der Waals surface area contributed by atoms with Gasteiger partial charge in [0.15, 0.2) is 0 Å². The molecule has 9 nitrogen and oxygen atoms in total. The first kappa shape index (κ1) is 30.5. The van der Waals surface area contributed by atoms with Crippen LogP contribution >= 0.6 is 8.16 Å². The summed E-state index contributed by atoms with van der Waals surface area (Å²) in [4.78, 5) is 32.9. The molecule has 1 aliphatic rings. The maximum absolute atomic E-state index is 11.8. The molecule has 0 amide bonds. The molecule has 1 heterocycles. The molecule has 1 unspecified atom stereocenters. The third-order valence-electron chi connectivity index (χ3n) is 2.98. The summed E-state index contributed by atoms with van der Waals surface area (Å²) >= 11 is 0. The molecule has 0 saturated carbocycles. The number of ether oxygens (including phenoxy) is 3. The van der Waals surface area contributed by atoms with E-state index in [9.17, 15) is 30.6 Å². The largest absolute Gasteiger partial charge is 1.00 e. The van der Waals surface area contributed by atoms with Gasteiger partial charge in [-0.25, -0.2) is 14.5 Å². The second-order valence-electron chi connectivity index (χ2n) is 5.56. The van der Waals surface area contributed by atoms with Gasteiger partial charge in [-0.15, -0.1) is 0 Å². The summed E-state index contributed by atoms with van der Waals surface area (Å²) in [5.74, 6) is -1.74. The number of halogens is 6. The van der Waals surface area contributed by atoms with Crippen LogP contribution in [-0.4, -0.2) is 87.4 Å². The zero-order valence-corrected chi connectivity index (χ0v) is 17.7. The quantitative estimate of drug-likeness (QED) is 0.0892. The zero-order chi connectivity index (χ0) is 22.7. The Labute approximate surface area is 169 Å². The van der Waals surface area contributed by atoms with Gasteiger partial charge in [0.25, 0.3) is 5.71 Å². The second-order valence-corrected chi connectivity index (χ2v) is 6.84. The van der Waals surface area contributed by atoms with E-state index in [4.69, 9.17) is 19.0 Å². The second kappa shape index (κ2) is 13.6. The average Bonchev–Trinajstić information content (AvgIpc) is 2.57. The normalized spacial score (nSPS) is 16.5. The minimum Gasteiger partial charge on any atom is -1.00 e. The molecule has 0 spiro atoms. The van der Waals surface area contributed by atoms with Gasteiger partial charge in [-0.1, -0.05) is 5.16 Å². The Balaban J connectivity index is 0. The Morgan fingerprint density at radius 2 is 1.43 bits per heavy atom. The van der Waals surface area contributed by atoms with Crippen molar-refractivity contribution in [1.29, 1.82) is 0 Å². The van der Waals surface area contributed by atoms with E-state index < -0.39 is 32.2 Å². The molecule has 180 valence electrons.